The predicted octanol–water partition coefficient (Wildman–Crippen LogP) is 2.84. The number of methoxy groups -OCH3 is 1. The van der Waals surface area contributed by atoms with E-state index >= 15 is 0 Å². The van der Waals surface area contributed by atoms with Crippen molar-refractivity contribution in [2.75, 3.05) is 18.2 Å². The minimum absolute atomic E-state index is 0.0658. The van der Waals surface area contributed by atoms with Gasteiger partial charge < -0.3 is 20.5 Å². The number of aryl methyl sites for hydroxylation is 1. The number of hydrogen-bond donors (Lipinski definition) is 2. The smallest absolute Gasteiger partial charge is 0.354 e. The molecule has 0 radical (unpaired) electrons. The van der Waals surface area contributed by atoms with Gasteiger partial charge in [0.15, 0.2) is 0 Å². The zero-order chi connectivity index (χ0) is 26.4. The van der Waals surface area contributed by atoms with E-state index in [4.69, 9.17) is 10.5 Å². The SMILES string of the molecule is COC(=O)CCn1c(=O)nc(Nc2ccc(Oc3cc(N)ccn3)cc2)n(Cc2ccc(C)cc2)c1=O. The van der Waals surface area contributed by atoms with Crippen LogP contribution in [0.15, 0.2) is 76.4 Å². The second-order valence-electron chi connectivity index (χ2n) is 8.23. The van der Waals surface area contributed by atoms with Crippen molar-refractivity contribution in [1.82, 2.24) is 19.1 Å². The van der Waals surface area contributed by atoms with E-state index in [-0.39, 0.29) is 25.5 Å². The number of rotatable bonds is 9. The van der Waals surface area contributed by atoms with Crippen LogP contribution in [0.3, 0.4) is 0 Å². The van der Waals surface area contributed by atoms with Crippen LogP contribution in [0.2, 0.25) is 0 Å². The van der Waals surface area contributed by atoms with Crippen LogP contribution in [0.5, 0.6) is 11.6 Å². The summed E-state index contributed by atoms with van der Waals surface area (Å²) in [4.78, 5) is 45.8. The third-order valence-corrected chi connectivity index (χ3v) is 5.47. The van der Waals surface area contributed by atoms with E-state index in [0.717, 1.165) is 15.7 Å². The molecule has 3 N–H and O–H groups in total. The van der Waals surface area contributed by atoms with Crippen molar-refractivity contribution in [2.24, 2.45) is 0 Å². The highest BCUT2D eigenvalue weighted by Gasteiger charge is 2.15. The largest absolute Gasteiger partial charge is 0.469 e. The van der Waals surface area contributed by atoms with Gasteiger partial charge in [0.05, 0.1) is 20.1 Å². The first-order valence-electron chi connectivity index (χ1n) is 11.4. The van der Waals surface area contributed by atoms with Crippen LogP contribution in [0.25, 0.3) is 0 Å². The fraction of sp³-hybridized carbons (Fsp3) is 0.192. The quantitative estimate of drug-likeness (QED) is 0.330. The highest BCUT2D eigenvalue weighted by Crippen LogP contribution is 2.23. The predicted molar refractivity (Wildman–Crippen MR) is 138 cm³/mol. The first-order chi connectivity index (χ1) is 17.8. The summed E-state index contributed by atoms with van der Waals surface area (Å²) >= 11 is 0. The van der Waals surface area contributed by atoms with Gasteiger partial charge in [0, 0.05) is 30.2 Å². The zero-order valence-corrected chi connectivity index (χ0v) is 20.4. The minimum atomic E-state index is -0.774. The van der Waals surface area contributed by atoms with E-state index in [1.54, 1.807) is 42.6 Å². The molecule has 4 rings (SSSR count). The van der Waals surface area contributed by atoms with Crippen LogP contribution >= 0.6 is 0 Å². The molecule has 2 aromatic carbocycles. The van der Waals surface area contributed by atoms with Crippen molar-refractivity contribution in [3.05, 3.63) is 99.0 Å². The molecule has 11 nitrogen and oxygen atoms in total. The first kappa shape index (κ1) is 25.2. The van der Waals surface area contributed by atoms with Crippen molar-refractivity contribution in [2.45, 2.75) is 26.4 Å². The molecule has 0 saturated heterocycles. The Labute approximate surface area is 212 Å². The highest BCUT2D eigenvalue weighted by atomic mass is 16.5. The van der Waals surface area contributed by atoms with E-state index in [2.05, 4.69) is 20.0 Å². The second kappa shape index (κ2) is 11.2. The van der Waals surface area contributed by atoms with E-state index < -0.39 is 17.3 Å². The summed E-state index contributed by atoms with van der Waals surface area (Å²) < 4.78 is 12.6. The van der Waals surface area contributed by atoms with E-state index in [9.17, 15) is 14.4 Å². The zero-order valence-electron chi connectivity index (χ0n) is 20.4. The molecule has 0 atom stereocenters. The number of nitrogen functional groups attached to an aromatic ring is 1. The average molecular weight is 503 g/mol. The molecular formula is C26H26N6O5. The molecular weight excluding hydrogens is 476 g/mol. The summed E-state index contributed by atoms with van der Waals surface area (Å²) in [5.41, 5.74) is 7.41. The Kier molecular flexibility index (Phi) is 7.62. The highest BCUT2D eigenvalue weighted by molar-refractivity contribution is 5.69. The number of pyridine rings is 1. The molecule has 0 saturated carbocycles. The second-order valence-corrected chi connectivity index (χ2v) is 8.23. The number of hydrogen-bond acceptors (Lipinski definition) is 9. The summed E-state index contributed by atoms with van der Waals surface area (Å²) in [6.07, 6.45) is 1.42. The van der Waals surface area contributed by atoms with Crippen LogP contribution < -0.4 is 27.2 Å². The number of benzene rings is 2. The molecule has 0 aliphatic heterocycles. The molecule has 0 aliphatic rings. The van der Waals surface area contributed by atoms with Crippen LogP contribution in [-0.4, -0.2) is 32.2 Å². The number of esters is 1. The van der Waals surface area contributed by atoms with E-state index in [1.165, 1.54) is 11.7 Å². The topological polar surface area (TPSA) is 143 Å². The molecule has 190 valence electrons. The summed E-state index contributed by atoms with van der Waals surface area (Å²) in [5.74, 6) is 0.405. The molecule has 0 spiro atoms. The number of anilines is 3. The van der Waals surface area contributed by atoms with E-state index in [1.807, 2.05) is 31.2 Å². The number of nitrogens with one attached hydrogen (secondary N) is 1. The number of nitrogens with zero attached hydrogens (tertiary/aromatic N) is 4. The third kappa shape index (κ3) is 6.40. The Balaban J connectivity index is 1.63. The molecule has 4 aromatic rings. The van der Waals surface area contributed by atoms with Gasteiger partial charge in [0.1, 0.15) is 5.75 Å². The van der Waals surface area contributed by atoms with Gasteiger partial charge in [0.25, 0.3) is 0 Å². The standard InChI is InChI=1S/C26H26N6O5/c1-17-3-5-18(6-4-17)16-32-24(30-25(34)31(26(32)35)14-12-23(33)36-2)29-20-7-9-21(10-8-20)37-22-15-19(27)11-13-28-22/h3-11,13,15H,12,14,16H2,1-2H3,(H2,27,28)(H,29,30,34). The summed E-state index contributed by atoms with van der Waals surface area (Å²) in [6, 6.07) is 17.8. The third-order valence-electron chi connectivity index (χ3n) is 5.47. The fourth-order valence-electron chi connectivity index (χ4n) is 3.48. The van der Waals surface area contributed by atoms with Crippen LogP contribution in [0.1, 0.15) is 17.5 Å². The number of ether oxygens (including phenoxy) is 2. The Morgan fingerprint density at radius 3 is 2.43 bits per heavy atom. The maximum atomic E-state index is 13.3. The van der Waals surface area contributed by atoms with Gasteiger partial charge in [-0.15, -0.1) is 0 Å². The van der Waals surface area contributed by atoms with Gasteiger partial charge in [-0.25, -0.2) is 19.1 Å². The van der Waals surface area contributed by atoms with Gasteiger partial charge in [0.2, 0.25) is 11.8 Å². The van der Waals surface area contributed by atoms with Gasteiger partial charge in [-0.2, -0.15) is 4.98 Å². The lowest BCUT2D eigenvalue weighted by molar-refractivity contribution is -0.140. The van der Waals surface area contributed by atoms with Gasteiger partial charge >= 0.3 is 17.3 Å². The Bertz CT molecular complexity index is 1510. The van der Waals surface area contributed by atoms with Gasteiger partial charge in [-0.1, -0.05) is 29.8 Å². The first-order valence-corrected chi connectivity index (χ1v) is 11.4. The van der Waals surface area contributed by atoms with Crippen LogP contribution in [0, 0.1) is 6.92 Å². The average Bonchev–Trinajstić information content (AvgIpc) is 2.88. The molecule has 37 heavy (non-hydrogen) atoms. The number of nitrogens with two attached hydrogens (primary N) is 1. The number of carbonyl (C=O) groups excluding carboxylic acids is 1. The lowest BCUT2D eigenvalue weighted by Gasteiger charge is -2.16. The minimum Gasteiger partial charge on any atom is -0.469 e. The van der Waals surface area contributed by atoms with Gasteiger partial charge in [-0.05, 0) is 42.8 Å². The summed E-state index contributed by atoms with van der Waals surface area (Å²) in [5, 5.41) is 3.04. The monoisotopic (exact) mass is 502 g/mol. The maximum Gasteiger partial charge on any atom is 0.354 e. The van der Waals surface area contributed by atoms with Crippen molar-refractivity contribution >= 4 is 23.3 Å². The summed E-state index contributed by atoms with van der Waals surface area (Å²) in [7, 11) is 1.24. The molecule has 0 fully saturated rings. The van der Waals surface area contributed by atoms with E-state index in [0.29, 0.717) is 23.0 Å². The lowest BCUT2D eigenvalue weighted by Crippen LogP contribution is -2.43. The Morgan fingerprint density at radius 2 is 1.76 bits per heavy atom. The van der Waals surface area contributed by atoms with Crippen LogP contribution in [0.4, 0.5) is 17.3 Å². The lowest BCUT2D eigenvalue weighted by atomic mass is 10.1. The molecule has 0 unspecified atom stereocenters. The van der Waals surface area contributed by atoms with Gasteiger partial charge in [-0.3, -0.25) is 9.36 Å². The van der Waals surface area contributed by atoms with Crippen molar-refractivity contribution < 1.29 is 14.3 Å². The maximum absolute atomic E-state index is 13.3. The molecule has 0 aliphatic carbocycles. The fourth-order valence-corrected chi connectivity index (χ4v) is 3.48. The van der Waals surface area contributed by atoms with Crippen LogP contribution in [-0.2, 0) is 22.6 Å². The van der Waals surface area contributed by atoms with Crippen molar-refractivity contribution in [3.63, 3.8) is 0 Å². The molecule has 11 heteroatoms. The normalized spacial score (nSPS) is 10.6. The molecule has 0 bridgehead atoms. The molecule has 2 heterocycles. The number of carbonyl (C=O) groups is 1. The Morgan fingerprint density at radius 1 is 1.03 bits per heavy atom. The van der Waals surface area contributed by atoms with Crippen molar-refractivity contribution in [3.8, 4) is 11.6 Å². The Hall–Kier alpha value is -4.93. The van der Waals surface area contributed by atoms with Crippen molar-refractivity contribution in [1.29, 1.82) is 0 Å². The molecule has 0 amide bonds. The molecule has 2 aromatic heterocycles. The number of aromatic nitrogens is 4. The summed E-state index contributed by atoms with van der Waals surface area (Å²) in [6.45, 7) is 1.98.